The second kappa shape index (κ2) is 5.16. The van der Waals surface area contributed by atoms with Crippen molar-refractivity contribution in [3.05, 3.63) is 64.1 Å². The SMILES string of the molecule is Cn1nccc1C=Cc1ccc2cc([N+](=O)[O-])ccc2n1. The number of aryl methyl sites for hydroxylation is 1. The minimum absolute atomic E-state index is 0.0717. The number of rotatable bonds is 3. The van der Waals surface area contributed by atoms with Crippen LogP contribution in [-0.4, -0.2) is 19.7 Å². The first-order chi connectivity index (χ1) is 10.1. The zero-order valence-electron chi connectivity index (χ0n) is 11.3. The van der Waals surface area contributed by atoms with Crippen LogP contribution in [0.3, 0.4) is 0 Å². The number of aromatic nitrogens is 3. The molecule has 0 aliphatic rings. The van der Waals surface area contributed by atoms with Gasteiger partial charge in [-0.25, -0.2) is 4.98 Å². The van der Waals surface area contributed by atoms with Gasteiger partial charge in [0.15, 0.2) is 0 Å². The minimum atomic E-state index is -0.407. The Labute approximate surface area is 120 Å². The highest BCUT2D eigenvalue weighted by Crippen LogP contribution is 2.20. The van der Waals surface area contributed by atoms with Gasteiger partial charge in [-0.15, -0.1) is 0 Å². The number of benzene rings is 1. The summed E-state index contributed by atoms with van der Waals surface area (Å²) in [6.07, 6.45) is 5.54. The second-order valence-electron chi connectivity index (χ2n) is 4.58. The van der Waals surface area contributed by atoms with Crippen LogP contribution in [0.25, 0.3) is 23.1 Å². The van der Waals surface area contributed by atoms with E-state index in [-0.39, 0.29) is 5.69 Å². The van der Waals surface area contributed by atoms with Crippen molar-refractivity contribution in [2.45, 2.75) is 0 Å². The van der Waals surface area contributed by atoms with E-state index in [4.69, 9.17) is 0 Å². The molecule has 0 atom stereocenters. The second-order valence-corrected chi connectivity index (χ2v) is 4.58. The average Bonchev–Trinajstić information content (AvgIpc) is 2.89. The smallest absolute Gasteiger partial charge is 0.269 e. The summed E-state index contributed by atoms with van der Waals surface area (Å²) in [4.78, 5) is 14.8. The van der Waals surface area contributed by atoms with Crippen LogP contribution in [0, 0.1) is 10.1 Å². The lowest BCUT2D eigenvalue weighted by Crippen LogP contribution is -1.92. The van der Waals surface area contributed by atoms with E-state index in [0.29, 0.717) is 0 Å². The molecular weight excluding hydrogens is 268 g/mol. The van der Waals surface area contributed by atoms with Crippen molar-refractivity contribution in [3.8, 4) is 0 Å². The van der Waals surface area contributed by atoms with Crippen molar-refractivity contribution >= 4 is 28.7 Å². The Hall–Kier alpha value is -3.02. The van der Waals surface area contributed by atoms with Crippen LogP contribution in [0.4, 0.5) is 5.69 Å². The van der Waals surface area contributed by atoms with Gasteiger partial charge < -0.3 is 0 Å². The maximum absolute atomic E-state index is 10.7. The van der Waals surface area contributed by atoms with Crippen molar-refractivity contribution in [1.29, 1.82) is 0 Å². The van der Waals surface area contributed by atoms with Crippen molar-refractivity contribution in [2.24, 2.45) is 7.05 Å². The average molecular weight is 280 g/mol. The first-order valence-corrected chi connectivity index (χ1v) is 6.35. The van der Waals surface area contributed by atoms with Gasteiger partial charge in [-0.1, -0.05) is 6.07 Å². The monoisotopic (exact) mass is 280 g/mol. The van der Waals surface area contributed by atoms with Gasteiger partial charge in [0.25, 0.3) is 5.69 Å². The molecule has 104 valence electrons. The first kappa shape index (κ1) is 13.0. The van der Waals surface area contributed by atoms with E-state index in [0.717, 1.165) is 22.3 Å². The third kappa shape index (κ3) is 2.64. The number of nitrogens with zero attached hydrogens (tertiary/aromatic N) is 4. The van der Waals surface area contributed by atoms with E-state index in [1.54, 1.807) is 16.9 Å². The molecule has 1 aromatic carbocycles. The molecule has 0 saturated heterocycles. The van der Waals surface area contributed by atoms with Gasteiger partial charge in [0.05, 0.1) is 21.8 Å². The zero-order chi connectivity index (χ0) is 14.8. The van der Waals surface area contributed by atoms with Crippen LogP contribution < -0.4 is 0 Å². The van der Waals surface area contributed by atoms with Gasteiger partial charge in [0, 0.05) is 30.8 Å². The molecule has 6 nitrogen and oxygen atoms in total. The summed E-state index contributed by atoms with van der Waals surface area (Å²) in [7, 11) is 1.87. The highest BCUT2D eigenvalue weighted by atomic mass is 16.6. The predicted octanol–water partition coefficient (Wildman–Crippen LogP) is 3.05. The molecular formula is C15H12N4O2. The maximum atomic E-state index is 10.7. The first-order valence-electron chi connectivity index (χ1n) is 6.35. The van der Waals surface area contributed by atoms with Gasteiger partial charge in [-0.2, -0.15) is 5.10 Å². The number of pyridine rings is 1. The fourth-order valence-corrected chi connectivity index (χ4v) is 2.05. The van der Waals surface area contributed by atoms with E-state index in [1.165, 1.54) is 12.1 Å². The molecule has 0 spiro atoms. The summed E-state index contributed by atoms with van der Waals surface area (Å²) in [6, 6.07) is 10.2. The van der Waals surface area contributed by atoms with E-state index >= 15 is 0 Å². The summed E-state index contributed by atoms with van der Waals surface area (Å²) < 4.78 is 1.76. The van der Waals surface area contributed by atoms with E-state index in [9.17, 15) is 10.1 Å². The standard InChI is InChI=1S/C15H12N4O2/c1-18-13(8-9-16-18)5-4-12-3-2-11-10-14(19(20)21)6-7-15(11)17-12/h2-10H,1H3. The third-order valence-corrected chi connectivity index (χ3v) is 3.19. The quantitative estimate of drug-likeness (QED) is 0.546. The Kier molecular flexibility index (Phi) is 3.19. The lowest BCUT2D eigenvalue weighted by molar-refractivity contribution is -0.384. The van der Waals surface area contributed by atoms with Crippen LogP contribution in [0.1, 0.15) is 11.4 Å². The zero-order valence-corrected chi connectivity index (χ0v) is 11.3. The molecule has 0 aliphatic heterocycles. The summed E-state index contributed by atoms with van der Waals surface area (Å²) in [5, 5.41) is 15.6. The molecule has 0 bridgehead atoms. The maximum Gasteiger partial charge on any atom is 0.270 e. The van der Waals surface area contributed by atoms with Gasteiger partial charge in [0.2, 0.25) is 0 Å². The van der Waals surface area contributed by atoms with E-state index in [2.05, 4.69) is 10.1 Å². The summed E-state index contributed by atoms with van der Waals surface area (Å²) in [5.74, 6) is 0. The Morgan fingerprint density at radius 3 is 2.76 bits per heavy atom. The highest BCUT2D eigenvalue weighted by molar-refractivity contribution is 5.82. The summed E-state index contributed by atoms with van der Waals surface area (Å²) in [5.41, 5.74) is 2.56. The molecule has 0 N–H and O–H groups in total. The molecule has 0 fully saturated rings. The predicted molar refractivity (Wildman–Crippen MR) is 80.5 cm³/mol. The van der Waals surface area contributed by atoms with Gasteiger partial charge >= 0.3 is 0 Å². The topological polar surface area (TPSA) is 73.8 Å². The van der Waals surface area contributed by atoms with Gasteiger partial charge in [-0.05, 0) is 30.4 Å². The lowest BCUT2D eigenvalue weighted by Gasteiger charge is -1.99. The van der Waals surface area contributed by atoms with Crippen molar-refractivity contribution in [2.75, 3.05) is 0 Å². The van der Waals surface area contributed by atoms with Crippen molar-refractivity contribution < 1.29 is 4.92 Å². The van der Waals surface area contributed by atoms with Gasteiger partial charge in [-0.3, -0.25) is 14.8 Å². The van der Waals surface area contributed by atoms with Crippen LogP contribution in [0.5, 0.6) is 0 Å². The van der Waals surface area contributed by atoms with Gasteiger partial charge in [0.1, 0.15) is 0 Å². The molecule has 2 aromatic heterocycles. The number of nitro groups is 1. The minimum Gasteiger partial charge on any atom is -0.269 e. The van der Waals surface area contributed by atoms with Crippen molar-refractivity contribution in [1.82, 2.24) is 14.8 Å². The normalized spacial score (nSPS) is 11.3. The van der Waals surface area contributed by atoms with Crippen LogP contribution >= 0.6 is 0 Å². The lowest BCUT2D eigenvalue weighted by atomic mass is 10.2. The molecule has 3 rings (SSSR count). The Bertz CT molecular complexity index is 852. The van der Waals surface area contributed by atoms with Crippen molar-refractivity contribution in [3.63, 3.8) is 0 Å². The number of fused-ring (bicyclic) bond motifs is 1. The fraction of sp³-hybridized carbons (Fsp3) is 0.0667. The number of non-ortho nitro benzene ring substituents is 1. The molecule has 0 radical (unpaired) electrons. The van der Waals surface area contributed by atoms with Crippen LogP contribution in [0.15, 0.2) is 42.6 Å². The molecule has 3 aromatic rings. The molecule has 0 aliphatic carbocycles. The van der Waals surface area contributed by atoms with E-state index in [1.807, 2.05) is 37.4 Å². The molecule has 21 heavy (non-hydrogen) atoms. The molecule has 6 heteroatoms. The highest BCUT2D eigenvalue weighted by Gasteiger charge is 2.06. The molecule has 2 heterocycles. The molecule has 0 amide bonds. The fourth-order valence-electron chi connectivity index (χ4n) is 2.05. The Morgan fingerprint density at radius 2 is 2.05 bits per heavy atom. The van der Waals surface area contributed by atoms with E-state index < -0.39 is 4.92 Å². The molecule has 0 unspecified atom stereocenters. The van der Waals surface area contributed by atoms with Crippen LogP contribution in [-0.2, 0) is 7.05 Å². The Morgan fingerprint density at radius 1 is 1.19 bits per heavy atom. The molecule has 0 saturated carbocycles. The Balaban J connectivity index is 1.94. The largest absolute Gasteiger partial charge is 0.270 e. The number of hydrogen-bond acceptors (Lipinski definition) is 4. The summed E-state index contributed by atoms with van der Waals surface area (Å²) >= 11 is 0. The number of nitro benzene ring substituents is 1. The van der Waals surface area contributed by atoms with Crippen LogP contribution in [0.2, 0.25) is 0 Å². The number of hydrogen-bond donors (Lipinski definition) is 0. The summed E-state index contributed by atoms with van der Waals surface area (Å²) in [6.45, 7) is 0. The third-order valence-electron chi connectivity index (χ3n) is 3.19.